The molecule has 0 spiro atoms. The fourth-order valence-electron chi connectivity index (χ4n) is 3.69. The Bertz CT molecular complexity index is 1450. The molecule has 9 nitrogen and oxygen atoms in total. The van der Waals surface area contributed by atoms with Gasteiger partial charge in [-0.3, -0.25) is 14.9 Å². The molecule has 4 rings (SSSR count). The SMILES string of the molecule is CCOC(=O)NC(COc1ccc(C(=O)c2ccc(O)cc2)cc1)Oc1ccc(C(=O)c2ccc(O)cc2)cc1. The number of hydrogen-bond acceptors (Lipinski definition) is 8. The molecular weight excluding hydrogens is 514 g/mol. The number of phenols is 2. The zero-order valence-corrected chi connectivity index (χ0v) is 21.6. The topological polar surface area (TPSA) is 131 Å². The smallest absolute Gasteiger partial charge is 0.410 e. The number of ketones is 2. The van der Waals surface area contributed by atoms with Crippen LogP contribution in [0.1, 0.15) is 38.8 Å². The van der Waals surface area contributed by atoms with E-state index in [-0.39, 0.29) is 36.3 Å². The zero-order chi connectivity index (χ0) is 28.5. The van der Waals surface area contributed by atoms with Gasteiger partial charge in [0.25, 0.3) is 0 Å². The van der Waals surface area contributed by atoms with Crippen molar-refractivity contribution in [2.45, 2.75) is 13.2 Å². The molecule has 1 amide bonds. The third kappa shape index (κ3) is 7.38. The Labute approximate surface area is 230 Å². The van der Waals surface area contributed by atoms with Crippen LogP contribution in [0.25, 0.3) is 0 Å². The highest BCUT2D eigenvalue weighted by molar-refractivity contribution is 6.09. The van der Waals surface area contributed by atoms with Gasteiger partial charge in [-0.15, -0.1) is 0 Å². The molecule has 0 bridgehead atoms. The normalized spacial score (nSPS) is 11.2. The molecule has 204 valence electrons. The van der Waals surface area contributed by atoms with Crippen molar-refractivity contribution in [1.82, 2.24) is 5.32 Å². The number of aromatic hydroxyl groups is 2. The number of phenolic OH excluding ortho intramolecular Hbond substituents is 2. The summed E-state index contributed by atoms with van der Waals surface area (Å²) < 4.78 is 16.6. The number of nitrogens with one attached hydrogen (secondary N) is 1. The largest absolute Gasteiger partial charge is 0.508 e. The van der Waals surface area contributed by atoms with Gasteiger partial charge in [0.15, 0.2) is 11.6 Å². The number of ether oxygens (including phenoxy) is 3. The van der Waals surface area contributed by atoms with Crippen LogP contribution in [0.3, 0.4) is 0 Å². The summed E-state index contributed by atoms with van der Waals surface area (Å²) in [6.45, 7) is 1.76. The summed E-state index contributed by atoms with van der Waals surface area (Å²) in [5.41, 5.74) is 1.73. The van der Waals surface area contributed by atoms with Gasteiger partial charge in [-0.1, -0.05) is 0 Å². The second kappa shape index (κ2) is 13.0. The molecule has 1 atom stereocenters. The Morgan fingerprint density at radius 1 is 0.650 bits per heavy atom. The lowest BCUT2D eigenvalue weighted by Gasteiger charge is -2.21. The monoisotopic (exact) mass is 541 g/mol. The third-order valence-corrected chi connectivity index (χ3v) is 5.73. The first-order valence-corrected chi connectivity index (χ1v) is 12.4. The van der Waals surface area contributed by atoms with Crippen LogP contribution in [0.15, 0.2) is 97.1 Å². The molecule has 0 aliphatic rings. The lowest BCUT2D eigenvalue weighted by atomic mass is 10.0. The molecule has 0 radical (unpaired) electrons. The maximum Gasteiger partial charge on any atom is 0.410 e. The van der Waals surface area contributed by atoms with Crippen LogP contribution in [0.5, 0.6) is 23.0 Å². The Kier molecular flexibility index (Phi) is 8.99. The van der Waals surface area contributed by atoms with E-state index in [0.717, 1.165) is 0 Å². The van der Waals surface area contributed by atoms with E-state index in [0.29, 0.717) is 33.8 Å². The van der Waals surface area contributed by atoms with E-state index in [2.05, 4.69) is 5.32 Å². The van der Waals surface area contributed by atoms with Crippen LogP contribution in [0.2, 0.25) is 0 Å². The summed E-state index contributed by atoms with van der Waals surface area (Å²) in [7, 11) is 0. The highest BCUT2D eigenvalue weighted by Crippen LogP contribution is 2.20. The van der Waals surface area contributed by atoms with Crippen molar-refractivity contribution >= 4 is 17.7 Å². The fourth-order valence-corrected chi connectivity index (χ4v) is 3.69. The van der Waals surface area contributed by atoms with Crippen molar-refractivity contribution < 1.29 is 38.8 Å². The number of hydrogen-bond donors (Lipinski definition) is 3. The Balaban J connectivity index is 1.40. The molecule has 4 aromatic rings. The molecule has 0 heterocycles. The number of rotatable bonds is 11. The minimum atomic E-state index is -0.934. The van der Waals surface area contributed by atoms with Crippen LogP contribution in [-0.4, -0.2) is 47.3 Å². The average molecular weight is 542 g/mol. The molecule has 0 aliphatic carbocycles. The van der Waals surface area contributed by atoms with E-state index in [4.69, 9.17) is 14.2 Å². The molecule has 40 heavy (non-hydrogen) atoms. The lowest BCUT2D eigenvalue weighted by molar-refractivity contribution is 0.0824. The standard InChI is InChI=1S/C31H27NO8/c1-2-38-31(37)32-28(40-27-17-9-23(10-18-27)30(36)21-5-13-25(34)14-6-21)19-39-26-15-7-22(8-16-26)29(35)20-3-11-24(33)12-4-20/h3-18,28,33-34H,2,19H2,1H3,(H,32,37). The molecule has 3 N–H and O–H groups in total. The first-order chi connectivity index (χ1) is 19.3. The van der Waals surface area contributed by atoms with Crippen LogP contribution < -0.4 is 14.8 Å². The van der Waals surface area contributed by atoms with Crippen LogP contribution >= 0.6 is 0 Å². The Morgan fingerprint density at radius 3 is 1.48 bits per heavy atom. The van der Waals surface area contributed by atoms with E-state index in [1.807, 2.05) is 0 Å². The highest BCUT2D eigenvalue weighted by atomic mass is 16.6. The summed E-state index contributed by atoms with van der Waals surface area (Å²) in [6.07, 6.45) is -1.62. The molecule has 9 heteroatoms. The first-order valence-electron chi connectivity index (χ1n) is 12.4. The molecular formula is C31H27NO8. The maximum absolute atomic E-state index is 12.7. The third-order valence-electron chi connectivity index (χ3n) is 5.73. The van der Waals surface area contributed by atoms with E-state index in [9.17, 15) is 24.6 Å². The molecule has 1 unspecified atom stereocenters. The zero-order valence-electron chi connectivity index (χ0n) is 21.6. The summed E-state index contributed by atoms with van der Waals surface area (Å²) in [5.74, 6) is 0.541. The second-order valence-corrected chi connectivity index (χ2v) is 8.58. The van der Waals surface area contributed by atoms with Crippen LogP contribution in [-0.2, 0) is 4.74 Å². The van der Waals surface area contributed by atoms with Crippen LogP contribution in [0, 0.1) is 0 Å². The molecule has 0 aromatic heterocycles. The summed E-state index contributed by atoms with van der Waals surface area (Å²) in [6, 6.07) is 24.8. The Morgan fingerprint density at radius 2 is 1.05 bits per heavy atom. The van der Waals surface area contributed by atoms with Crippen molar-refractivity contribution in [3.05, 3.63) is 119 Å². The Hall–Kier alpha value is -5.31. The number of carbonyl (C=O) groups is 3. The van der Waals surface area contributed by atoms with Crippen molar-refractivity contribution in [1.29, 1.82) is 0 Å². The van der Waals surface area contributed by atoms with Crippen LogP contribution in [0.4, 0.5) is 4.79 Å². The number of amides is 1. The molecule has 0 saturated heterocycles. The quantitative estimate of drug-likeness (QED) is 0.177. The van der Waals surface area contributed by atoms with Gasteiger partial charge in [0.2, 0.25) is 6.23 Å². The molecule has 0 aliphatic heterocycles. The minimum Gasteiger partial charge on any atom is -0.508 e. The van der Waals surface area contributed by atoms with Crippen molar-refractivity contribution in [3.63, 3.8) is 0 Å². The van der Waals surface area contributed by atoms with Crippen molar-refractivity contribution in [2.24, 2.45) is 0 Å². The number of alkyl carbamates (subject to hydrolysis) is 1. The van der Waals surface area contributed by atoms with E-state index in [1.165, 1.54) is 36.4 Å². The van der Waals surface area contributed by atoms with E-state index in [1.54, 1.807) is 67.6 Å². The van der Waals surface area contributed by atoms with Crippen molar-refractivity contribution in [2.75, 3.05) is 13.2 Å². The molecule has 0 saturated carbocycles. The summed E-state index contributed by atoms with van der Waals surface area (Å²) >= 11 is 0. The molecule has 4 aromatic carbocycles. The van der Waals surface area contributed by atoms with Gasteiger partial charge in [0.05, 0.1) is 6.61 Å². The maximum atomic E-state index is 12.7. The lowest BCUT2D eigenvalue weighted by Crippen LogP contribution is -2.43. The van der Waals surface area contributed by atoms with Gasteiger partial charge in [0, 0.05) is 22.3 Å². The van der Waals surface area contributed by atoms with Gasteiger partial charge in [0.1, 0.15) is 29.6 Å². The summed E-state index contributed by atoms with van der Waals surface area (Å²) in [4.78, 5) is 37.4. The van der Waals surface area contributed by atoms with E-state index < -0.39 is 12.3 Å². The molecule has 0 fully saturated rings. The summed E-state index contributed by atoms with van der Waals surface area (Å²) in [5, 5.41) is 21.4. The van der Waals surface area contributed by atoms with Crippen molar-refractivity contribution in [3.8, 4) is 23.0 Å². The van der Waals surface area contributed by atoms with Gasteiger partial charge in [-0.05, 0) is 104 Å². The average Bonchev–Trinajstić information content (AvgIpc) is 2.97. The highest BCUT2D eigenvalue weighted by Gasteiger charge is 2.17. The predicted molar refractivity (Wildman–Crippen MR) is 146 cm³/mol. The number of carbonyl (C=O) groups excluding carboxylic acids is 3. The first kappa shape index (κ1) is 27.7. The van der Waals surface area contributed by atoms with Gasteiger partial charge < -0.3 is 24.4 Å². The number of benzene rings is 4. The van der Waals surface area contributed by atoms with Gasteiger partial charge in [-0.2, -0.15) is 0 Å². The minimum absolute atomic E-state index is 0.0705. The second-order valence-electron chi connectivity index (χ2n) is 8.58. The van der Waals surface area contributed by atoms with Gasteiger partial charge >= 0.3 is 6.09 Å². The van der Waals surface area contributed by atoms with Gasteiger partial charge in [-0.25, -0.2) is 4.79 Å². The predicted octanol–water partition coefficient (Wildman–Crippen LogP) is 5.09. The van der Waals surface area contributed by atoms with E-state index >= 15 is 0 Å². The fraction of sp³-hybridized carbons (Fsp3) is 0.129.